The summed E-state index contributed by atoms with van der Waals surface area (Å²) in [7, 11) is 0. The summed E-state index contributed by atoms with van der Waals surface area (Å²) < 4.78 is 6.82. The molecule has 0 radical (unpaired) electrons. The van der Waals surface area contributed by atoms with Crippen LogP contribution in [-0.4, -0.2) is 4.57 Å². The van der Waals surface area contributed by atoms with Gasteiger partial charge in [-0.15, -0.1) is 0 Å². The van der Waals surface area contributed by atoms with Crippen LogP contribution in [-0.2, 0) is 6.54 Å². The molecule has 0 fully saturated rings. The van der Waals surface area contributed by atoms with E-state index in [1.54, 1.807) is 22.8 Å². The first-order chi connectivity index (χ1) is 9.15. The van der Waals surface area contributed by atoms with E-state index in [4.69, 9.17) is 10.2 Å². The number of rotatable bonds is 2. The van der Waals surface area contributed by atoms with Gasteiger partial charge in [-0.1, -0.05) is 24.3 Å². The van der Waals surface area contributed by atoms with E-state index in [0.29, 0.717) is 17.8 Å². The predicted molar refractivity (Wildman–Crippen MR) is 75.2 cm³/mol. The maximum absolute atomic E-state index is 11.9. The van der Waals surface area contributed by atoms with Crippen LogP contribution in [0, 0.1) is 6.92 Å². The molecule has 1 heterocycles. The summed E-state index contributed by atoms with van der Waals surface area (Å²) in [5.41, 5.74) is 9.92. The van der Waals surface area contributed by atoms with Gasteiger partial charge in [0.25, 0.3) is 0 Å². The third-order valence-electron chi connectivity index (χ3n) is 3.28. The average Bonchev–Trinajstić information content (AvgIpc) is 2.69. The van der Waals surface area contributed by atoms with E-state index < -0.39 is 0 Å². The van der Waals surface area contributed by atoms with Crippen molar-refractivity contribution in [2.45, 2.75) is 13.5 Å². The number of nitrogen functional groups attached to an aromatic ring is 1. The zero-order valence-corrected chi connectivity index (χ0v) is 10.6. The fourth-order valence-electron chi connectivity index (χ4n) is 2.19. The summed E-state index contributed by atoms with van der Waals surface area (Å²) >= 11 is 0. The molecular formula is C15H14N2O2. The van der Waals surface area contributed by atoms with Gasteiger partial charge in [0.05, 0.1) is 12.1 Å². The van der Waals surface area contributed by atoms with Crippen LogP contribution in [0.1, 0.15) is 11.1 Å². The van der Waals surface area contributed by atoms with Crippen LogP contribution in [0.25, 0.3) is 11.1 Å². The maximum Gasteiger partial charge on any atom is 0.420 e. The highest BCUT2D eigenvalue weighted by atomic mass is 16.4. The van der Waals surface area contributed by atoms with Gasteiger partial charge in [0.1, 0.15) is 0 Å². The highest BCUT2D eigenvalue weighted by Crippen LogP contribution is 2.18. The third kappa shape index (κ3) is 2.01. The van der Waals surface area contributed by atoms with Gasteiger partial charge in [0.2, 0.25) is 0 Å². The van der Waals surface area contributed by atoms with Crippen molar-refractivity contribution in [3.05, 3.63) is 64.1 Å². The number of oxazole rings is 1. The van der Waals surface area contributed by atoms with Crippen LogP contribution in [0.3, 0.4) is 0 Å². The van der Waals surface area contributed by atoms with E-state index in [1.165, 1.54) is 0 Å². The number of anilines is 1. The molecular weight excluding hydrogens is 240 g/mol. The summed E-state index contributed by atoms with van der Waals surface area (Å²) in [6, 6.07) is 13.2. The van der Waals surface area contributed by atoms with Crippen LogP contribution >= 0.6 is 0 Å². The van der Waals surface area contributed by atoms with E-state index >= 15 is 0 Å². The zero-order valence-electron chi connectivity index (χ0n) is 10.6. The van der Waals surface area contributed by atoms with Gasteiger partial charge < -0.3 is 10.2 Å². The topological polar surface area (TPSA) is 61.2 Å². The van der Waals surface area contributed by atoms with Gasteiger partial charge in [0.15, 0.2) is 5.58 Å². The molecule has 3 aromatic rings. The van der Waals surface area contributed by atoms with Crippen molar-refractivity contribution in [3.63, 3.8) is 0 Å². The number of benzene rings is 2. The molecule has 0 atom stereocenters. The molecule has 3 rings (SSSR count). The van der Waals surface area contributed by atoms with E-state index in [2.05, 4.69) is 0 Å². The van der Waals surface area contributed by atoms with E-state index in [1.807, 2.05) is 31.2 Å². The van der Waals surface area contributed by atoms with Crippen molar-refractivity contribution in [2.24, 2.45) is 0 Å². The zero-order chi connectivity index (χ0) is 13.4. The number of hydrogen-bond acceptors (Lipinski definition) is 3. The largest absolute Gasteiger partial charge is 0.420 e. The maximum atomic E-state index is 11.9. The molecule has 96 valence electrons. The SMILES string of the molecule is Cc1ccccc1Cn1c(=O)oc2ccc(N)cc21. The Hall–Kier alpha value is -2.49. The lowest BCUT2D eigenvalue weighted by Gasteiger charge is -2.06. The fourth-order valence-corrected chi connectivity index (χ4v) is 2.19. The molecule has 0 spiro atoms. The summed E-state index contributed by atoms with van der Waals surface area (Å²) in [6.45, 7) is 2.51. The molecule has 19 heavy (non-hydrogen) atoms. The van der Waals surface area contributed by atoms with Crippen LogP contribution in [0.4, 0.5) is 5.69 Å². The number of fused-ring (bicyclic) bond motifs is 1. The summed E-state index contributed by atoms with van der Waals surface area (Å²) in [4.78, 5) is 11.9. The van der Waals surface area contributed by atoms with Crippen LogP contribution in [0.5, 0.6) is 0 Å². The average molecular weight is 254 g/mol. The molecule has 0 unspecified atom stereocenters. The van der Waals surface area contributed by atoms with Crippen molar-refractivity contribution in [1.82, 2.24) is 4.57 Å². The molecule has 4 nitrogen and oxygen atoms in total. The standard InChI is InChI=1S/C15H14N2O2/c1-10-4-2-3-5-11(10)9-17-13-8-12(16)6-7-14(13)19-15(17)18/h2-8H,9,16H2,1H3. The van der Waals surface area contributed by atoms with Crippen LogP contribution in [0.15, 0.2) is 51.7 Å². The first-order valence-corrected chi connectivity index (χ1v) is 6.08. The van der Waals surface area contributed by atoms with Crippen molar-refractivity contribution >= 4 is 16.8 Å². The normalized spacial score (nSPS) is 11.0. The number of nitrogens with two attached hydrogens (primary N) is 1. The second-order valence-electron chi connectivity index (χ2n) is 4.61. The molecule has 0 aliphatic rings. The van der Waals surface area contributed by atoms with E-state index in [0.717, 1.165) is 16.6 Å². The number of nitrogens with zero attached hydrogens (tertiary/aromatic N) is 1. The molecule has 0 saturated heterocycles. The predicted octanol–water partition coefficient (Wildman–Crippen LogP) is 2.53. The highest BCUT2D eigenvalue weighted by Gasteiger charge is 2.10. The summed E-state index contributed by atoms with van der Waals surface area (Å²) in [6.07, 6.45) is 0. The molecule has 2 aromatic carbocycles. The van der Waals surface area contributed by atoms with Gasteiger partial charge >= 0.3 is 5.76 Å². The van der Waals surface area contributed by atoms with Crippen molar-refractivity contribution in [1.29, 1.82) is 0 Å². The first-order valence-electron chi connectivity index (χ1n) is 6.08. The molecule has 2 N–H and O–H groups in total. The number of aromatic nitrogens is 1. The molecule has 0 bridgehead atoms. The Labute approximate surface area is 110 Å². The molecule has 0 aliphatic carbocycles. The van der Waals surface area contributed by atoms with Gasteiger partial charge in [-0.3, -0.25) is 4.57 Å². The number of aryl methyl sites for hydroxylation is 1. The minimum Gasteiger partial charge on any atom is -0.408 e. The van der Waals surface area contributed by atoms with Crippen molar-refractivity contribution < 1.29 is 4.42 Å². The fraction of sp³-hybridized carbons (Fsp3) is 0.133. The lowest BCUT2D eigenvalue weighted by atomic mass is 10.1. The molecule has 1 aromatic heterocycles. The molecule has 4 heteroatoms. The van der Waals surface area contributed by atoms with Crippen molar-refractivity contribution in [2.75, 3.05) is 5.73 Å². The second kappa shape index (κ2) is 4.31. The van der Waals surface area contributed by atoms with Crippen LogP contribution < -0.4 is 11.5 Å². The highest BCUT2D eigenvalue weighted by molar-refractivity contribution is 5.77. The molecule has 0 aliphatic heterocycles. The monoisotopic (exact) mass is 254 g/mol. The van der Waals surface area contributed by atoms with Crippen LogP contribution in [0.2, 0.25) is 0 Å². The van der Waals surface area contributed by atoms with E-state index in [-0.39, 0.29) is 5.76 Å². The minimum absolute atomic E-state index is 0.358. The Morgan fingerprint density at radius 3 is 2.79 bits per heavy atom. The van der Waals surface area contributed by atoms with Gasteiger partial charge in [-0.25, -0.2) is 4.79 Å². The Morgan fingerprint density at radius 2 is 2.00 bits per heavy atom. The second-order valence-corrected chi connectivity index (χ2v) is 4.61. The lowest BCUT2D eigenvalue weighted by Crippen LogP contribution is -2.15. The molecule has 0 saturated carbocycles. The summed E-state index contributed by atoms with van der Waals surface area (Å²) in [5, 5.41) is 0. The quantitative estimate of drug-likeness (QED) is 0.715. The molecule has 0 amide bonds. The summed E-state index contributed by atoms with van der Waals surface area (Å²) in [5.74, 6) is -0.358. The smallest absolute Gasteiger partial charge is 0.408 e. The van der Waals surface area contributed by atoms with Gasteiger partial charge in [-0.2, -0.15) is 0 Å². The third-order valence-corrected chi connectivity index (χ3v) is 3.28. The van der Waals surface area contributed by atoms with E-state index in [9.17, 15) is 4.79 Å². The lowest BCUT2D eigenvalue weighted by molar-refractivity contribution is 0.517. The Kier molecular flexibility index (Phi) is 2.63. The van der Waals surface area contributed by atoms with Gasteiger partial charge in [0, 0.05) is 5.69 Å². The van der Waals surface area contributed by atoms with Crippen molar-refractivity contribution in [3.8, 4) is 0 Å². The number of hydrogen-bond donors (Lipinski definition) is 1. The Morgan fingerprint density at radius 1 is 1.21 bits per heavy atom. The minimum atomic E-state index is -0.358. The van der Waals surface area contributed by atoms with Gasteiger partial charge in [-0.05, 0) is 36.2 Å². The Bertz CT molecular complexity index is 799. The Balaban J connectivity index is 2.15. The first kappa shape index (κ1) is 11.6.